The first-order valence-corrected chi connectivity index (χ1v) is 7.62. The van der Waals surface area contributed by atoms with Gasteiger partial charge in [0.2, 0.25) is 5.58 Å². The minimum absolute atomic E-state index is 0.0290. The quantitative estimate of drug-likeness (QED) is 0.521. The van der Waals surface area contributed by atoms with E-state index in [4.69, 9.17) is 8.97 Å². The number of hydrogen-bond donors (Lipinski definition) is 1. The molecule has 1 heterocycles. The first-order valence-electron chi connectivity index (χ1n) is 6.01. The van der Waals surface area contributed by atoms with E-state index in [0.717, 1.165) is 12.1 Å². The SMILES string of the molecule is Cc1oc2c(F)cc(F)cc2[n+]1CCCCS(=O)(=O)O. The molecule has 0 aliphatic carbocycles. The Bertz CT molecular complexity index is 739. The van der Waals surface area contributed by atoms with Gasteiger partial charge in [-0.15, -0.1) is 0 Å². The molecule has 8 heteroatoms. The predicted molar refractivity (Wildman–Crippen MR) is 66.7 cm³/mol. The van der Waals surface area contributed by atoms with Crippen LogP contribution in [0.25, 0.3) is 11.1 Å². The van der Waals surface area contributed by atoms with E-state index in [1.54, 1.807) is 11.5 Å². The number of halogens is 2. The van der Waals surface area contributed by atoms with E-state index in [1.165, 1.54) is 0 Å². The molecule has 2 rings (SSSR count). The fourth-order valence-electron chi connectivity index (χ4n) is 2.05. The van der Waals surface area contributed by atoms with Crippen molar-refractivity contribution >= 4 is 21.2 Å². The van der Waals surface area contributed by atoms with E-state index in [9.17, 15) is 17.2 Å². The van der Waals surface area contributed by atoms with Crippen LogP contribution >= 0.6 is 0 Å². The maximum Gasteiger partial charge on any atom is 0.344 e. The number of oxazole rings is 1. The van der Waals surface area contributed by atoms with Gasteiger partial charge >= 0.3 is 5.89 Å². The molecular weight excluding hydrogens is 292 g/mol. The van der Waals surface area contributed by atoms with Gasteiger partial charge < -0.3 is 4.42 Å². The highest BCUT2D eigenvalue weighted by atomic mass is 32.2. The molecule has 0 atom stereocenters. The van der Waals surface area contributed by atoms with Crippen molar-refractivity contribution in [1.29, 1.82) is 0 Å². The van der Waals surface area contributed by atoms with Crippen molar-refractivity contribution in [1.82, 2.24) is 0 Å². The molecule has 110 valence electrons. The zero-order valence-electron chi connectivity index (χ0n) is 10.8. The highest BCUT2D eigenvalue weighted by Gasteiger charge is 2.23. The van der Waals surface area contributed by atoms with E-state index < -0.39 is 21.8 Å². The predicted octanol–water partition coefficient (Wildman–Crippen LogP) is 1.97. The molecule has 0 amide bonds. The van der Waals surface area contributed by atoms with E-state index >= 15 is 0 Å². The van der Waals surface area contributed by atoms with Gasteiger partial charge in [0.05, 0.1) is 12.7 Å². The summed E-state index contributed by atoms with van der Waals surface area (Å²) in [7, 11) is -3.98. The Morgan fingerprint density at radius 1 is 1.30 bits per heavy atom. The average molecular weight is 306 g/mol. The van der Waals surface area contributed by atoms with Crippen LogP contribution in [0.4, 0.5) is 8.78 Å². The summed E-state index contributed by atoms with van der Waals surface area (Å²) in [6.45, 7) is 1.96. The molecule has 20 heavy (non-hydrogen) atoms. The molecule has 0 spiro atoms. The zero-order valence-corrected chi connectivity index (χ0v) is 11.6. The van der Waals surface area contributed by atoms with Gasteiger partial charge in [-0.05, 0) is 6.42 Å². The molecule has 0 saturated carbocycles. The van der Waals surface area contributed by atoms with Crippen LogP contribution in [-0.2, 0) is 16.7 Å². The highest BCUT2D eigenvalue weighted by Crippen LogP contribution is 2.19. The molecule has 1 aromatic carbocycles. The minimum Gasteiger partial charge on any atom is -0.398 e. The van der Waals surface area contributed by atoms with Crippen molar-refractivity contribution in [3.05, 3.63) is 29.7 Å². The molecule has 0 bridgehead atoms. The normalized spacial score (nSPS) is 12.2. The van der Waals surface area contributed by atoms with E-state index in [-0.39, 0.29) is 23.3 Å². The topological polar surface area (TPSA) is 71.4 Å². The van der Waals surface area contributed by atoms with E-state index in [0.29, 0.717) is 18.9 Å². The lowest BCUT2D eigenvalue weighted by molar-refractivity contribution is -0.683. The largest absolute Gasteiger partial charge is 0.398 e. The van der Waals surface area contributed by atoms with Crippen LogP contribution < -0.4 is 4.57 Å². The maximum absolute atomic E-state index is 13.5. The number of nitrogens with zero attached hydrogens (tertiary/aromatic N) is 1. The standard InChI is InChI=1S/C12H13F2NO4S/c1-8-15(4-2-3-5-20(16,17)18)11-7-9(13)6-10(14)12(11)19-8/h6-7H,2-5H2,1H3/p+1. The van der Waals surface area contributed by atoms with Gasteiger partial charge in [0.15, 0.2) is 12.4 Å². The zero-order chi connectivity index (χ0) is 14.9. The summed E-state index contributed by atoms with van der Waals surface area (Å²) < 4.78 is 63.4. The number of benzene rings is 1. The molecule has 0 saturated heterocycles. The fourth-order valence-corrected chi connectivity index (χ4v) is 2.62. The molecule has 0 aliphatic rings. The van der Waals surface area contributed by atoms with Gasteiger partial charge in [-0.3, -0.25) is 4.55 Å². The average Bonchev–Trinajstić information content (AvgIpc) is 2.61. The number of aromatic nitrogens is 1. The van der Waals surface area contributed by atoms with Crippen LogP contribution in [0.5, 0.6) is 0 Å². The summed E-state index contributed by atoms with van der Waals surface area (Å²) in [5, 5.41) is 0. The van der Waals surface area contributed by atoms with Crippen LogP contribution in [0.1, 0.15) is 18.7 Å². The van der Waals surface area contributed by atoms with Crippen LogP contribution in [0.15, 0.2) is 16.5 Å². The van der Waals surface area contributed by atoms with Crippen molar-refractivity contribution in [2.75, 3.05) is 5.75 Å². The Morgan fingerprint density at radius 3 is 2.65 bits per heavy atom. The van der Waals surface area contributed by atoms with Crippen LogP contribution in [0.2, 0.25) is 0 Å². The lowest BCUT2D eigenvalue weighted by atomic mass is 10.3. The Labute approximate surface area is 114 Å². The summed E-state index contributed by atoms with van der Waals surface area (Å²) >= 11 is 0. The van der Waals surface area contributed by atoms with Gasteiger partial charge in [0, 0.05) is 18.6 Å². The van der Waals surface area contributed by atoms with Gasteiger partial charge in [-0.1, -0.05) is 0 Å². The van der Waals surface area contributed by atoms with Gasteiger partial charge in [-0.25, -0.2) is 8.78 Å². The second-order valence-electron chi connectivity index (χ2n) is 4.50. The second kappa shape index (κ2) is 5.45. The van der Waals surface area contributed by atoms with Gasteiger partial charge in [0.25, 0.3) is 15.6 Å². The first kappa shape index (κ1) is 14.9. The van der Waals surface area contributed by atoms with Crippen LogP contribution in [0.3, 0.4) is 0 Å². The molecule has 5 nitrogen and oxygen atoms in total. The van der Waals surface area contributed by atoms with Crippen molar-refractivity contribution in [2.45, 2.75) is 26.3 Å². The van der Waals surface area contributed by atoms with Gasteiger partial charge in [0.1, 0.15) is 5.82 Å². The van der Waals surface area contributed by atoms with Crippen LogP contribution in [0, 0.1) is 18.6 Å². The summed E-state index contributed by atoms with van der Waals surface area (Å²) in [6, 6.07) is 1.91. The number of aryl methyl sites for hydroxylation is 2. The molecule has 2 aromatic rings. The highest BCUT2D eigenvalue weighted by molar-refractivity contribution is 7.85. The number of hydrogen-bond acceptors (Lipinski definition) is 3. The Morgan fingerprint density at radius 2 is 2.00 bits per heavy atom. The number of fused-ring (bicyclic) bond motifs is 1. The van der Waals surface area contributed by atoms with E-state index in [2.05, 4.69) is 0 Å². The minimum atomic E-state index is -3.98. The second-order valence-corrected chi connectivity index (χ2v) is 6.07. The van der Waals surface area contributed by atoms with Crippen molar-refractivity contribution in [3.8, 4) is 0 Å². The third-order valence-electron chi connectivity index (χ3n) is 2.94. The summed E-state index contributed by atoms with van der Waals surface area (Å²) in [4.78, 5) is 0. The molecule has 1 N–H and O–H groups in total. The third kappa shape index (κ3) is 3.31. The molecule has 0 radical (unpaired) electrons. The lowest BCUT2D eigenvalue weighted by Crippen LogP contribution is -2.35. The lowest BCUT2D eigenvalue weighted by Gasteiger charge is -1.96. The molecule has 0 aliphatic heterocycles. The monoisotopic (exact) mass is 306 g/mol. The Hall–Kier alpha value is -1.54. The summed E-state index contributed by atoms with van der Waals surface area (Å²) in [6.07, 6.45) is 0.674. The Kier molecular flexibility index (Phi) is 4.05. The van der Waals surface area contributed by atoms with E-state index in [1.807, 2.05) is 0 Å². The maximum atomic E-state index is 13.5. The van der Waals surface area contributed by atoms with Crippen molar-refractivity contribution in [3.63, 3.8) is 0 Å². The summed E-state index contributed by atoms with van der Waals surface area (Å²) in [5.74, 6) is -1.43. The molecule has 0 unspecified atom stereocenters. The summed E-state index contributed by atoms with van der Waals surface area (Å²) in [5.41, 5.74) is 0.255. The molecule has 1 aromatic heterocycles. The first-order chi connectivity index (χ1) is 9.28. The third-order valence-corrected chi connectivity index (χ3v) is 3.75. The van der Waals surface area contributed by atoms with Gasteiger partial charge in [-0.2, -0.15) is 13.0 Å². The number of rotatable bonds is 5. The smallest absolute Gasteiger partial charge is 0.344 e. The number of unbranched alkanes of at least 4 members (excludes halogenated alkanes) is 1. The van der Waals surface area contributed by atoms with Crippen LogP contribution in [-0.4, -0.2) is 18.7 Å². The molecule has 0 fully saturated rings. The van der Waals surface area contributed by atoms with Crippen molar-refractivity contribution < 1.29 is 30.7 Å². The Balaban J connectivity index is 2.20. The van der Waals surface area contributed by atoms with Crippen molar-refractivity contribution in [2.24, 2.45) is 0 Å². The molecular formula is C12H14F2NO4S+. The fraction of sp³-hybridized carbons (Fsp3) is 0.417.